The molecule has 0 spiro atoms. The molecular formula is C4H17NO3. The number of aliphatic hydroxyl groups excluding tert-OH is 2. The van der Waals surface area contributed by atoms with E-state index in [0.29, 0.717) is 0 Å². The summed E-state index contributed by atoms with van der Waals surface area (Å²) >= 11 is 0. The van der Waals surface area contributed by atoms with Crippen LogP contribution in [0.15, 0.2) is 0 Å². The van der Waals surface area contributed by atoms with E-state index in [1.807, 2.05) is 0 Å². The summed E-state index contributed by atoms with van der Waals surface area (Å²) in [5.74, 6) is 0. The van der Waals surface area contributed by atoms with E-state index in [9.17, 15) is 0 Å². The molecule has 0 saturated carbocycles. The molecule has 0 aliphatic heterocycles. The zero-order valence-corrected chi connectivity index (χ0v) is 5.68. The van der Waals surface area contributed by atoms with Gasteiger partial charge in [0.25, 0.3) is 0 Å². The van der Waals surface area contributed by atoms with Crippen molar-refractivity contribution in [3.63, 3.8) is 0 Å². The van der Waals surface area contributed by atoms with Crippen LogP contribution in [-0.4, -0.2) is 28.9 Å². The first-order valence-electron chi connectivity index (χ1n) is 1.86. The second kappa shape index (κ2) is 28.9. The monoisotopic (exact) mass is 127 g/mol. The van der Waals surface area contributed by atoms with E-state index in [1.165, 1.54) is 0 Å². The maximum atomic E-state index is 8.06. The van der Waals surface area contributed by atoms with E-state index in [0.717, 1.165) is 7.11 Å². The fourth-order valence-electron chi connectivity index (χ4n) is 0. The molecule has 0 aromatic rings. The van der Waals surface area contributed by atoms with Gasteiger partial charge >= 0.3 is 0 Å². The summed E-state index contributed by atoms with van der Waals surface area (Å²) in [6.45, 7) is 3.44. The van der Waals surface area contributed by atoms with Gasteiger partial charge in [-0.1, -0.05) is 0 Å². The molecule has 8 heavy (non-hydrogen) atoms. The Morgan fingerprint density at radius 2 is 1.12 bits per heavy atom. The van der Waals surface area contributed by atoms with Crippen molar-refractivity contribution < 1.29 is 15.7 Å². The Hall–Kier alpha value is -0.160. The Labute approximate surface area is 50.0 Å². The average molecular weight is 127 g/mol. The largest absolute Gasteiger partial charge is 0.412 e. The fraction of sp³-hybridized carbons (Fsp3) is 1.00. The summed E-state index contributed by atoms with van der Waals surface area (Å²) < 4.78 is 0. The summed E-state index contributed by atoms with van der Waals surface area (Å²) in [6.07, 6.45) is -0.167. The molecule has 4 heteroatoms. The molecule has 0 bridgehead atoms. The average Bonchev–Trinajstić information content (AvgIpc) is 1.41. The van der Waals surface area contributed by atoms with Crippen molar-refractivity contribution in [1.29, 1.82) is 0 Å². The number of hydrogen-bond acceptors (Lipinski definition) is 3. The molecule has 0 aliphatic carbocycles. The third kappa shape index (κ3) is 5340. The molecule has 4 nitrogen and oxygen atoms in total. The minimum absolute atomic E-state index is 0. The topological polar surface area (TPSA) is 107 Å². The summed E-state index contributed by atoms with van der Waals surface area (Å²) in [4.78, 5) is 0. The van der Waals surface area contributed by atoms with Crippen LogP contribution >= 0.6 is 0 Å². The minimum Gasteiger partial charge on any atom is -0.412 e. The Bertz CT molecular complexity index is 16.0. The second-order valence-electron chi connectivity index (χ2n) is 1.09. The lowest BCUT2D eigenvalue weighted by Crippen LogP contribution is -1.85. The van der Waals surface area contributed by atoms with Crippen molar-refractivity contribution in [1.82, 2.24) is 6.15 Å². The first kappa shape index (κ1) is 24.9. The van der Waals surface area contributed by atoms with Crippen LogP contribution in [0.5, 0.6) is 0 Å². The van der Waals surface area contributed by atoms with Gasteiger partial charge < -0.3 is 21.8 Å². The van der Waals surface area contributed by atoms with Crippen LogP contribution in [0, 0.1) is 0 Å². The molecule has 0 atom stereocenters. The number of hydrogen-bond donors (Lipinski definition) is 3. The van der Waals surface area contributed by atoms with Crippen molar-refractivity contribution in [2.75, 3.05) is 7.11 Å². The van der Waals surface area contributed by atoms with Gasteiger partial charge in [-0.15, -0.1) is 0 Å². The van der Waals surface area contributed by atoms with Gasteiger partial charge in [0.05, 0.1) is 0 Å². The van der Waals surface area contributed by atoms with Crippen LogP contribution in [0.1, 0.15) is 13.8 Å². The second-order valence-corrected chi connectivity index (χ2v) is 1.09. The highest BCUT2D eigenvalue weighted by molar-refractivity contribution is 4.20. The smallest absolute Gasteiger partial charge is 0.0483 e. The molecule has 0 aromatic carbocycles. The molecule has 0 rings (SSSR count). The number of aliphatic hydroxyl groups is 2. The quantitative estimate of drug-likeness (QED) is 0.401. The molecular weight excluding hydrogens is 110 g/mol. The zero-order chi connectivity index (χ0) is 5.58. The van der Waals surface area contributed by atoms with Gasteiger partial charge in [0.15, 0.2) is 0 Å². The van der Waals surface area contributed by atoms with E-state index >= 15 is 0 Å². The predicted octanol–water partition coefficient (Wildman–Crippen LogP) is -0.667. The van der Waals surface area contributed by atoms with Crippen molar-refractivity contribution >= 4 is 0 Å². The molecule has 7 N–H and O–H groups in total. The Morgan fingerprint density at radius 3 is 1.12 bits per heavy atom. The van der Waals surface area contributed by atoms with Gasteiger partial charge in [-0.25, -0.2) is 0 Å². The van der Waals surface area contributed by atoms with E-state index in [2.05, 4.69) is 0 Å². The Kier molecular flexibility index (Phi) is 89.9. The Balaban J connectivity index is -0.0000000183. The van der Waals surface area contributed by atoms with Gasteiger partial charge in [0.1, 0.15) is 0 Å². The highest BCUT2D eigenvalue weighted by atomic mass is 16.3. The van der Waals surface area contributed by atoms with Crippen molar-refractivity contribution in [3.8, 4) is 0 Å². The zero-order valence-electron chi connectivity index (χ0n) is 5.68. The van der Waals surface area contributed by atoms with Crippen LogP contribution < -0.4 is 6.15 Å². The van der Waals surface area contributed by atoms with E-state index in [4.69, 9.17) is 10.2 Å². The normalized spacial score (nSPS) is 5.25. The van der Waals surface area contributed by atoms with Crippen LogP contribution in [-0.2, 0) is 0 Å². The lowest BCUT2D eigenvalue weighted by Gasteiger charge is -1.80. The maximum absolute atomic E-state index is 8.06. The van der Waals surface area contributed by atoms with Crippen LogP contribution in [0.4, 0.5) is 0 Å². The van der Waals surface area contributed by atoms with Gasteiger partial charge in [0, 0.05) is 13.2 Å². The first-order valence-corrected chi connectivity index (χ1v) is 1.86. The summed E-state index contributed by atoms with van der Waals surface area (Å²) in [5, 5.41) is 15.1. The summed E-state index contributed by atoms with van der Waals surface area (Å²) in [6, 6.07) is 0. The van der Waals surface area contributed by atoms with E-state index < -0.39 is 0 Å². The minimum atomic E-state index is -0.167. The van der Waals surface area contributed by atoms with Gasteiger partial charge in [-0.2, -0.15) is 0 Å². The standard InChI is InChI=1S/C3H8O.CH4O.H3N.H2O/c1-3(2)4;1-2;;/h3-4H,1-2H3;2H,1H3;1H3;1H2. The number of rotatable bonds is 0. The van der Waals surface area contributed by atoms with Crippen LogP contribution in [0.2, 0.25) is 0 Å². The molecule has 0 aromatic heterocycles. The first-order chi connectivity index (χ1) is 2.73. The van der Waals surface area contributed by atoms with Crippen molar-refractivity contribution in [3.05, 3.63) is 0 Å². The summed E-state index contributed by atoms with van der Waals surface area (Å²) in [7, 11) is 1.00. The molecule has 0 radical (unpaired) electrons. The molecule has 0 fully saturated rings. The lowest BCUT2D eigenvalue weighted by atomic mass is 10.5. The third-order valence-corrected chi connectivity index (χ3v) is 0. The fourth-order valence-corrected chi connectivity index (χ4v) is 0. The summed E-state index contributed by atoms with van der Waals surface area (Å²) in [5.41, 5.74) is 0. The van der Waals surface area contributed by atoms with Crippen LogP contribution in [0.25, 0.3) is 0 Å². The maximum Gasteiger partial charge on any atom is 0.0483 e. The SMILES string of the molecule is CC(C)O.CO.N.O. The van der Waals surface area contributed by atoms with Crippen molar-refractivity contribution in [2.45, 2.75) is 20.0 Å². The molecule has 0 heterocycles. The molecule has 0 aliphatic rings. The van der Waals surface area contributed by atoms with Crippen LogP contribution in [0.3, 0.4) is 0 Å². The molecule has 0 amide bonds. The highest BCUT2D eigenvalue weighted by Crippen LogP contribution is 1.65. The van der Waals surface area contributed by atoms with Gasteiger partial charge in [-0.05, 0) is 13.8 Å². The third-order valence-electron chi connectivity index (χ3n) is 0. The van der Waals surface area contributed by atoms with Gasteiger partial charge in [0.2, 0.25) is 0 Å². The van der Waals surface area contributed by atoms with Gasteiger partial charge in [-0.3, -0.25) is 0 Å². The molecule has 0 unspecified atom stereocenters. The lowest BCUT2D eigenvalue weighted by molar-refractivity contribution is 0.216. The molecule has 0 saturated heterocycles. The van der Waals surface area contributed by atoms with E-state index in [-0.39, 0.29) is 17.7 Å². The Morgan fingerprint density at radius 1 is 1.12 bits per heavy atom. The van der Waals surface area contributed by atoms with E-state index in [1.54, 1.807) is 13.8 Å². The van der Waals surface area contributed by atoms with Crippen molar-refractivity contribution in [2.24, 2.45) is 0 Å². The molecule has 56 valence electrons. The highest BCUT2D eigenvalue weighted by Gasteiger charge is 1.69. The predicted molar refractivity (Wildman–Crippen MR) is 34.1 cm³/mol.